The number of nitrogens with zero attached hydrogens (tertiary/aromatic N) is 2. The number of unbranched alkanes of at least 4 members (excludes halogenated alkanes) is 1. The van der Waals surface area contributed by atoms with E-state index in [-0.39, 0.29) is 23.8 Å². The van der Waals surface area contributed by atoms with Crippen LogP contribution in [0.25, 0.3) is 5.70 Å². The maximum absolute atomic E-state index is 13.2. The molecule has 8 heteroatoms. The van der Waals surface area contributed by atoms with Crippen molar-refractivity contribution in [3.8, 4) is 11.5 Å². The number of allylic oxidation sites excluding steroid dienone is 3. The van der Waals surface area contributed by atoms with Gasteiger partial charge < -0.3 is 19.5 Å². The second-order valence-corrected chi connectivity index (χ2v) is 9.56. The van der Waals surface area contributed by atoms with Crippen molar-refractivity contribution in [3.63, 3.8) is 0 Å². The lowest BCUT2D eigenvalue weighted by Crippen LogP contribution is -2.39. The molecule has 8 nitrogen and oxygen atoms in total. The number of aromatic nitrogens is 2. The molecule has 1 aromatic carbocycles. The smallest absolute Gasteiger partial charge is 0.308 e. The summed E-state index contributed by atoms with van der Waals surface area (Å²) in [5, 5.41) is 7.85. The molecule has 4 rings (SSSR count). The van der Waals surface area contributed by atoms with Crippen molar-refractivity contribution in [3.05, 3.63) is 59.4 Å². The Morgan fingerprint density at radius 1 is 1.08 bits per heavy atom. The standard InChI is InChI=1S/C29H37N3O5/c1-4-5-17-37-29(34)20-11-14-22(15-12-20)30-28(33)24-19-23-9-7-6-8-10-25(32(23)31-24)21-13-16-26(35-2)27(18-21)36-3/h6,8,10,13,16,18-20,22H,4-5,7,9,11-12,14-15,17H2,1-3H3,(H,30,33)/b8-6-,25-10-. The van der Waals surface area contributed by atoms with Crippen LogP contribution in [0.5, 0.6) is 11.5 Å². The molecule has 1 fully saturated rings. The van der Waals surface area contributed by atoms with E-state index in [4.69, 9.17) is 19.3 Å². The lowest BCUT2D eigenvalue weighted by atomic mass is 9.86. The number of ether oxygens (including phenoxy) is 3. The van der Waals surface area contributed by atoms with Gasteiger partial charge in [-0.2, -0.15) is 5.10 Å². The van der Waals surface area contributed by atoms with E-state index in [9.17, 15) is 9.59 Å². The number of aryl methyl sites for hydroxylation is 1. The summed E-state index contributed by atoms with van der Waals surface area (Å²) in [6.45, 7) is 2.57. The van der Waals surface area contributed by atoms with E-state index in [0.29, 0.717) is 23.8 Å². The Hall–Kier alpha value is -3.55. The Morgan fingerprint density at radius 2 is 1.86 bits per heavy atom. The molecule has 1 saturated carbocycles. The molecule has 0 unspecified atom stereocenters. The van der Waals surface area contributed by atoms with Crippen LogP contribution in [-0.2, 0) is 16.0 Å². The van der Waals surface area contributed by atoms with Crippen LogP contribution in [0.4, 0.5) is 0 Å². The molecule has 1 aromatic heterocycles. The molecule has 2 heterocycles. The summed E-state index contributed by atoms with van der Waals surface area (Å²) >= 11 is 0. The molecule has 37 heavy (non-hydrogen) atoms. The second kappa shape index (κ2) is 12.6. The van der Waals surface area contributed by atoms with Gasteiger partial charge >= 0.3 is 5.97 Å². The topological polar surface area (TPSA) is 91.7 Å². The highest BCUT2D eigenvalue weighted by atomic mass is 16.5. The van der Waals surface area contributed by atoms with Crippen molar-refractivity contribution in [2.24, 2.45) is 5.92 Å². The molecule has 1 aliphatic heterocycles. The van der Waals surface area contributed by atoms with Gasteiger partial charge in [0.2, 0.25) is 0 Å². The summed E-state index contributed by atoms with van der Waals surface area (Å²) in [6.07, 6.45) is 12.6. The molecular weight excluding hydrogens is 470 g/mol. The number of amides is 1. The van der Waals surface area contributed by atoms with Gasteiger partial charge in [-0.3, -0.25) is 9.59 Å². The number of fused-ring (bicyclic) bond motifs is 1. The molecule has 1 amide bonds. The predicted molar refractivity (Wildman–Crippen MR) is 142 cm³/mol. The predicted octanol–water partition coefficient (Wildman–Crippen LogP) is 4.92. The Kier molecular flexibility index (Phi) is 9.04. The minimum absolute atomic E-state index is 0.0269. The summed E-state index contributed by atoms with van der Waals surface area (Å²) < 4.78 is 18.1. The molecule has 0 saturated heterocycles. The molecule has 0 radical (unpaired) electrons. The SMILES string of the molecule is CCCCOC(=O)C1CCC(NC(=O)c2cc3n(n2)/C(c2ccc(OC)c(OC)c2)=C\C=C/CC3)CC1. The fraction of sp³-hybridized carbons (Fsp3) is 0.483. The first kappa shape index (κ1) is 26.5. The quantitative estimate of drug-likeness (QED) is 0.383. The number of hydrogen-bond donors (Lipinski definition) is 1. The fourth-order valence-corrected chi connectivity index (χ4v) is 4.86. The van der Waals surface area contributed by atoms with Crippen molar-refractivity contribution in [1.29, 1.82) is 0 Å². The Morgan fingerprint density at radius 3 is 2.59 bits per heavy atom. The molecule has 0 spiro atoms. The Balaban J connectivity index is 1.45. The minimum atomic E-state index is -0.187. The number of hydrogen-bond acceptors (Lipinski definition) is 6. The van der Waals surface area contributed by atoms with E-state index < -0.39 is 0 Å². The number of benzene rings is 1. The monoisotopic (exact) mass is 507 g/mol. The molecule has 0 atom stereocenters. The first-order chi connectivity index (χ1) is 18.0. The van der Waals surface area contributed by atoms with E-state index in [1.165, 1.54) is 0 Å². The summed E-state index contributed by atoms with van der Waals surface area (Å²) in [4.78, 5) is 25.4. The fourth-order valence-electron chi connectivity index (χ4n) is 4.86. The zero-order valence-corrected chi connectivity index (χ0v) is 22.0. The molecular formula is C29H37N3O5. The van der Waals surface area contributed by atoms with Gasteiger partial charge in [0, 0.05) is 17.3 Å². The van der Waals surface area contributed by atoms with E-state index in [1.54, 1.807) is 14.2 Å². The highest BCUT2D eigenvalue weighted by molar-refractivity contribution is 5.93. The van der Waals surface area contributed by atoms with E-state index in [1.807, 2.05) is 41.1 Å². The number of rotatable bonds is 9. The zero-order chi connectivity index (χ0) is 26.2. The van der Waals surface area contributed by atoms with Gasteiger partial charge in [-0.1, -0.05) is 25.5 Å². The Labute approximate surface area is 218 Å². The molecule has 1 aliphatic carbocycles. The van der Waals surface area contributed by atoms with Crippen molar-refractivity contribution >= 4 is 17.6 Å². The van der Waals surface area contributed by atoms with E-state index in [2.05, 4.69) is 18.3 Å². The van der Waals surface area contributed by atoms with Gasteiger partial charge in [0.15, 0.2) is 17.2 Å². The molecule has 2 aromatic rings. The largest absolute Gasteiger partial charge is 0.493 e. The third kappa shape index (κ3) is 6.42. The minimum Gasteiger partial charge on any atom is -0.493 e. The van der Waals surface area contributed by atoms with Crippen LogP contribution in [0.15, 0.2) is 42.5 Å². The van der Waals surface area contributed by atoms with Gasteiger partial charge in [0.25, 0.3) is 5.91 Å². The summed E-state index contributed by atoms with van der Waals surface area (Å²) in [6, 6.07) is 7.64. The van der Waals surface area contributed by atoms with Crippen molar-refractivity contribution < 1.29 is 23.8 Å². The number of esters is 1. The third-order valence-electron chi connectivity index (χ3n) is 7.02. The zero-order valence-electron chi connectivity index (χ0n) is 22.0. The molecule has 1 N–H and O–H groups in total. The average molecular weight is 508 g/mol. The lowest BCUT2D eigenvalue weighted by Gasteiger charge is -2.27. The van der Waals surface area contributed by atoms with Crippen LogP contribution in [0, 0.1) is 5.92 Å². The number of carbonyl (C=O) groups excluding carboxylic acids is 2. The number of nitrogens with one attached hydrogen (secondary N) is 1. The van der Waals surface area contributed by atoms with Crippen LogP contribution < -0.4 is 14.8 Å². The van der Waals surface area contributed by atoms with Crippen LogP contribution in [0.2, 0.25) is 0 Å². The van der Waals surface area contributed by atoms with E-state index >= 15 is 0 Å². The molecule has 2 aliphatic rings. The van der Waals surface area contributed by atoms with Gasteiger partial charge in [-0.15, -0.1) is 0 Å². The Bertz CT molecular complexity index is 1160. The van der Waals surface area contributed by atoms with E-state index in [0.717, 1.165) is 68.3 Å². The summed E-state index contributed by atoms with van der Waals surface area (Å²) in [5.74, 6) is 0.920. The van der Waals surface area contributed by atoms with Crippen molar-refractivity contribution in [1.82, 2.24) is 15.1 Å². The van der Waals surface area contributed by atoms with Crippen LogP contribution in [0.3, 0.4) is 0 Å². The van der Waals surface area contributed by atoms with Crippen LogP contribution in [0.1, 0.15) is 73.6 Å². The van der Waals surface area contributed by atoms with Crippen molar-refractivity contribution in [2.75, 3.05) is 20.8 Å². The highest BCUT2D eigenvalue weighted by Gasteiger charge is 2.29. The van der Waals surface area contributed by atoms with Gasteiger partial charge in [-0.05, 0) is 75.3 Å². The summed E-state index contributed by atoms with van der Waals surface area (Å²) in [7, 11) is 3.22. The average Bonchev–Trinajstić information content (AvgIpc) is 3.32. The number of carbonyl (C=O) groups is 2. The van der Waals surface area contributed by atoms with Gasteiger partial charge in [0.05, 0.1) is 32.4 Å². The highest BCUT2D eigenvalue weighted by Crippen LogP contribution is 2.32. The maximum Gasteiger partial charge on any atom is 0.308 e. The van der Waals surface area contributed by atoms with Crippen LogP contribution >= 0.6 is 0 Å². The second-order valence-electron chi connectivity index (χ2n) is 9.56. The van der Waals surface area contributed by atoms with Crippen LogP contribution in [-0.4, -0.2) is 48.5 Å². The number of methoxy groups -OCH3 is 2. The molecule has 198 valence electrons. The third-order valence-corrected chi connectivity index (χ3v) is 7.02. The van der Waals surface area contributed by atoms with Gasteiger partial charge in [0.1, 0.15) is 0 Å². The lowest BCUT2D eigenvalue weighted by molar-refractivity contribution is -0.149. The summed E-state index contributed by atoms with van der Waals surface area (Å²) in [5.41, 5.74) is 3.12. The first-order valence-corrected chi connectivity index (χ1v) is 13.2. The normalized spacial score (nSPS) is 21.4. The van der Waals surface area contributed by atoms with Gasteiger partial charge in [-0.25, -0.2) is 4.68 Å². The first-order valence-electron chi connectivity index (χ1n) is 13.2. The maximum atomic E-state index is 13.2. The molecule has 0 bridgehead atoms. The van der Waals surface area contributed by atoms with Crippen molar-refractivity contribution in [2.45, 2.75) is 64.3 Å².